The zero-order chi connectivity index (χ0) is 18.7. The van der Waals surface area contributed by atoms with E-state index in [9.17, 15) is 18.4 Å². The number of benzene rings is 2. The summed E-state index contributed by atoms with van der Waals surface area (Å²) >= 11 is 0. The average molecular weight is 360 g/mol. The number of rotatable bonds is 6. The third-order valence-corrected chi connectivity index (χ3v) is 3.74. The van der Waals surface area contributed by atoms with E-state index >= 15 is 0 Å². The van der Waals surface area contributed by atoms with E-state index in [0.29, 0.717) is 16.5 Å². The topological polar surface area (TPSA) is 65.7 Å². The van der Waals surface area contributed by atoms with Crippen LogP contribution in [0.1, 0.15) is 26.5 Å². The Hall–Kier alpha value is -3.06. The first-order valence-corrected chi connectivity index (χ1v) is 7.66. The molecule has 0 aliphatic rings. The van der Waals surface area contributed by atoms with Crippen LogP contribution < -0.4 is 0 Å². The standard InChI is InChI=1S/C19H14F2O5/c1-24-9-14-12-4-2-3-5-17(12)26-18(14)19(23)25-10-16(22)13-8-11(20)6-7-15(13)21/h2-8H,9-10H2,1H3. The van der Waals surface area contributed by atoms with Crippen LogP contribution >= 0.6 is 0 Å². The van der Waals surface area contributed by atoms with E-state index in [1.54, 1.807) is 24.3 Å². The van der Waals surface area contributed by atoms with Crippen molar-refractivity contribution in [2.75, 3.05) is 13.7 Å². The molecule has 0 spiro atoms. The third-order valence-electron chi connectivity index (χ3n) is 3.74. The van der Waals surface area contributed by atoms with Gasteiger partial charge in [0.15, 0.2) is 6.61 Å². The van der Waals surface area contributed by atoms with Gasteiger partial charge >= 0.3 is 5.97 Å². The van der Waals surface area contributed by atoms with Crippen molar-refractivity contribution in [3.05, 3.63) is 71.0 Å². The zero-order valence-electron chi connectivity index (χ0n) is 13.8. The van der Waals surface area contributed by atoms with Crippen LogP contribution in [0.25, 0.3) is 11.0 Å². The lowest BCUT2D eigenvalue weighted by Crippen LogP contribution is -2.16. The van der Waals surface area contributed by atoms with E-state index in [1.165, 1.54) is 7.11 Å². The fourth-order valence-electron chi connectivity index (χ4n) is 2.54. The van der Waals surface area contributed by atoms with Crippen molar-refractivity contribution in [3.63, 3.8) is 0 Å². The number of furan rings is 1. The highest BCUT2D eigenvalue weighted by Gasteiger charge is 2.23. The van der Waals surface area contributed by atoms with Gasteiger partial charge in [-0.05, 0) is 24.3 Å². The third kappa shape index (κ3) is 3.48. The Bertz CT molecular complexity index is 977. The second kappa shape index (κ2) is 7.45. The van der Waals surface area contributed by atoms with E-state index in [-0.39, 0.29) is 12.4 Å². The summed E-state index contributed by atoms with van der Waals surface area (Å²) < 4.78 is 42.3. The second-order valence-corrected chi connectivity index (χ2v) is 5.46. The van der Waals surface area contributed by atoms with Crippen molar-refractivity contribution in [2.45, 2.75) is 6.61 Å². The number of ketones is 1. The fourth-order valence-corrected chi connectivity index (χ4v) is 2.54. The van der Waals surface area contributed by atoms with Crippen LogP contribution in [-0.4, -0.2) is 25.5 Å². The lowest BCUT2D eigenvalue weighted by Gasteiger charge is -2.05. The molecule has 1 heterocycles. The van der Waals surface area contributed by atoms with Gasteiger partial charge in [0.05, 0.1) is 12.2 Å². The minimum Gasteiger partial charge on any atom is -0.451 e. The molecule has 1 aromatic heterocycles. The summed E-state index contributed by atoms with van der Waals surface area (Å²) in [6.07, 6.45) is 0. The molecule has 3 rings (SSSR count). The predicted octanol–water partition coefficient (Wildman–Crippen LogP) is 3.90. The highest BCUT2D eigenvalue weighted by molar-refractivity contribution is 6.00. The van der Waals surface area contributed by atoms with Crippen molar-refractivity contribution in [3.8, 4) is 0 Å². The van der Waals surface area contributed by atoms with Crippen LogP contribution in [0, 0.1) is 11.6 Å². The molecule has 26 heavy (non-hydrogen) atoms. The SMILES string of the molecule is COCc1c(C(=O)OCC(=O)c2cc(F)ccc2F)oc2ccccc12. The predicted molar refractivity (Wildman–Crippen MR) is 87.9 cm³/mol. The molecule has 134 valence electrons. The Balaban J connectivity index is 1.80. The van der Waals surface area contributed by atoms with E-state index in [0.717, 1.165) is 18.2 Å². The smallest absolute Gasteiger partial charge is 0.375 e. The largest absolute Gasteiger partial charge is 0.451 e. The van der Waals surface area contributed by atoms with Gasteiger partial charge in [-0.2, -0.15) is 0 Å². The summed E-state index contributed by atoms with van der Waals surface area (Å²) in [6.45, 7) is -0.642. The van der Waals surface area contributed by atoms with Gasteiger partial charge in [-0.15, -0.1) is 0 Å². The molecule has 0 fully saturated rings. The molecular formula is C19H14F2O5. The van der Waals surface area contributed by atoms with Gasteiger partial charge in [0.2, 0.25) is 11.5 Å². The zero-order valence-corrected chi connectivity index (χ0v) is 13.8. The summed E-state index contributed by atoms with van der Waals surface area (Å²) in [7, 11) is 1.47. The summed E-state index contributed by atoms with van der Waals surface area (Å²) in [5, 5.41) is 0.684. The molecule has 0 amide bonds. The van der Waals surface area contributed by atoms with Crippen LogP contribution in [0.15, 0.2) is 46.9 Å². The van der Waals surface area contributed by atoms with Gasteiger partial charge < -0.3 is 13.9 Å². The Morgan fingerprint density at radius 2 is 1.88 bits per heavy atom. The maximum atomic E-state index is 13.6. The first kappa shape index (κ1) is 17.8. The molecule has 5 nitrogen and oxygen atoms in total. The number of hydrogen-bond donors (Lipinski definition) is 0. The number of methoxy groups -OCH3 is 1. The molecule has 3 aromatic rings. The van der Waals surface area contributed by atoms with E-state index in [2.05, 4.69) is 0 Å². The number of fused-ring (bicyclic) bond motifs is 1. The molecule has 0 saturated carbocycles. The lowest BCUT2D eigenvalue weighted by molar-refractivity contribution is 0.0440. The number of ether oxygens (including phenoxy) is 2. The summed E-state index contributed by atoms with van der Waals surface area (Å²) in [6, 6.07) is 9.44. The Morgan fingerprint density at radius 1 is 1.12 bits per heavy atom. The summed E-state index contributed by atoms with van der Waals surface area (Å²) in [5.41, 5.74) is 0.464. The number of carbonyl (C=O) groups is 2. The van der Waals surface area contributed by atoms with Crippen molar-refractivity contribution >= 4 is 22.7 Å². The normalized spacial score (nSPS) is 10.9. The number of Topliss-reactive ketones (excluding diaryl/α,β-unsaturated/α-hetero) is 1. The van der Waals surface area contributed by atoms with Crippen LogP contribution in [0.4, 0.5) is 8.78 Å². The van der Waals surface area contributed by atoms with Gasteiger partial charge in [0.1, 0.15) is 17.2 Å². The maximum Gasteiger partial charge on any atom is 0.375 e. The van der Waals surface area contributed by atoms with Crippen molar-refractivity contribution in [1.29, 1.82) is 0 Å². The minimum absolute atomic E-state index is 0.0967. The molecule has 0 bridgehead atoms. The van der Waals surface area contributed by atoms with E-state index in [1.807, 2.05) is 0 Å². The van der Waals surface area contributed by atoms with E-state index < -0.39 is 35.6 Å². The monoisotopic (exact) mass is 360 g/mol. The van der Waals surface area contributed by atoms with E-state index in [4.69, 9.17) is 13.9 Å². The van der Waals surface area contributed by atoms with Gasteiger partial charge in [0.25, 0.3) is 0 Å². The highest BCUT2D eigenvalue weighted by atomic mass is 19.1. The maximum absolute atomic E-state index is 13.6. The second-order valence-electron chi connectivity index (χ2n) is 5.46. The Kier molecular flexibility index (Phi) is 5.09. The lowest BCUT2D eigenvalue weighted by atomic mass is 10.1. The van der Waals surface area contributed by atoms with Gasteiger partial charge in [-0.3, -0.25) is 4.79 Å². The van der Waals surface area contributed by atoms with Gasteiger partial charge in [-0.1, -0.05) is 18.2 Å². The molecule has 2 aromatic carbocycles. The molecule has 0 aliphatic carbocycles. The molecule has 0 unspecified atom stereocenters. The molecule has 0 aliphatic heterocycles. The van der Waals surface area contributed by atoms with Crippen molar-refractivity contribution in [1.82, 2.24) is 0 Å². The minimum atomic E-state index is -0.892. The molecule has 7 heteroatoms. The van der Waals surface area contributed by atoms with Crippen LogP contribution in [0.5, 0.6) is 0 Å². The molecule has 0 saturated heterocycles. The van der Waals surface area contributed by atoms with Gasteiger partial charge in [-0.25, -0.2) is 13.6 Å². The Morgan fingerprint density at radius 3 is 2.65 bits per heavy atom. The van der Waals surface area contributed by atoms with Crippen LogP contribution in [0.2, 0.25) is 0 Å². The molecule has 0 atom stereocenters. The van der Waals surface area contributed by atoms with Crippen molar-refractivity contribution in [2.24, 2.45) is 0 Å². The quantitative estimate of drug-likeness (QED) is 0.493. The Labute approximate surface area is 147 Å². The number of halogens is 2. The number of hydrogen-bond acceptors (Lipinski definition) is 5. The van der Waals surface area contributed by atoms with Crippen LogP contribution in [0.3, 0.4) is 0 Å². The first-order chi connectivity index (χ1) is 12.5. The number of carbonyl (C=O) groups excluding carboxylic acids is 2. The number of para-hydroxylation sites is 1. The molecule has 0 N–H and O–H groups in total. The summed E-state index contributed by atoms with van der Waals surface area (Å²) in [4.78, 5) is 24.3. The first-order valence-electron chi connectivity index (χ1n) is 7.66. The average Bonchev–Trinajstić information content (AvgIpc) is 3.00. The molecule has 0 radical (unpaired) electrons. The summed E-state index contributed by atoms with van der Waals surface area (Å²) in [5.74, 6) is -3.50. The van der Waals surface area contributed by atoms with Crippen molar-refractivity contribution < 1.29 is 32.3 Å². The van der Waals surface area contributed by atoms with Crippen LogP contribution in [-0.2, 0) is 16.1 Å². The molecular weight excluding hydrogens is 346 g/mol. The van der Waals surface area contributed by atoms with Gasteiger partial charge in [0, 0.05) is 18.1 Å². The fraction of sp³-hybridized carbons (Fsp3) is 0.158. The number of esters is 1. The highest BCUT2D eigenvalue weighted by Crippen LogP contribution is 2.27.